The molecule has 0 bridgehead atoms. The van der Waals surface area contributed by atoms with Gasteiger partial charge in [-0.15, -0.1) is 0 Å². The molecule has 4 aliphatic rings. The number of hydrogen-bond acceptors (Lipinski definition) is 5. The summed E-state index contributed by atoms with van der Waals surface area (Å²) in [6.45, 7) is 7.46. The SMILES string of the molecule is CC(=O)O[C@H]1CC[C@@]2(C)[C@@H](CC[C@@H]3[C@@H]2[C@@H](OC(C)=O)C[C@]2(C)C(=O)CC[C@@H]32)C1. The highest BCUT2D eigenvalue weighted by Gasteiger charge is 2.64. The Balaban J connectivity index is 1.65. The van der Waals surface area contributed by atoms with Crippen LogP contribution >= 0.6 is 0 Å². The third-order valence-corrected chi connectivity index (χ3v) is 8.89. The fourth-order valence-electron chi connectivity index (χ4n) is 7.75. The highest BCUT2D eigenvalue weighted by molar-refractivity contribution is 5.87. The minimum Gasteiger partial charge on any atom is -0.463 e. The topological polar surface area (TPSA) is 69.7 Å². The van der Waals surface area contributed by atoms with Gasteiger partial charge in [0.15, 0.2) is 0 Å². The number of esters is 2. The Bertz CT molecular complexity index is 686. The van der Waals surface area contributed by atoms with Gasteiger partial charge in [-0.05, 0) is 68.1 Å². The van der Waals surface area contributed by atoms with Crippen LogP contribution in [0, 0.1) is 34.5 Å². The summed E-state index contributed by atoms with van der Waals surface area (Å²) in [5.41, 5.74) is -0.258. The van der Waals surface area contributed by atoms with E-state index in [1.807, 2.05) is 0 Å². The van der Waals surface area contributed by atoms with Gasteiger partial charge in [0.05, 0.1) is 0 Å². The Morgan fingerprint density at radius 2 is 1.71 bits per heavy atom. The fourth-order valence-corrected chi connectivity index (χ4v) is 7.75. The first-order chi connectivity index (χ1) is 13.1. The zero-order chi connectivity index (χ0) is 20.3. The number of rotatable bonds is 2. The van der Waals surface area contributed by atoms with Gasteiger partial charge in [-0.2, -0.15) is 0 Å². The van der Waals surface area contributed by atoms with Gasteiger partial charge < -0.3 is 9.47 Å². The number of carbonyl (C=O) groups excluding carboxylic acids is 3. The lowest BCUT2D eigenvalue weighted by Gasteiger charge is -2.61. The van der Waals surface area contributed by atoms with Gasteiger partial charge in [0, 0.05) is 31.6 Å². The van der Waals surface area contributed by atoms with Crippen LogP contribution in [0.4, 0.5) is 0 Å². The van der Waals surface area contributed by atoms with Crippen LogP contribution in [0.2, 0.25) is 0 Å². The van der Waals surface area contributed by atoms with Crippen molar-refractivity contribution in [3.63, 3.8) is 0 Å². The van der Waals surface area contributed by atoms with Crippen LogP contribution in [0.5, 0.6) is 0 Å². The van der Waals surface area contributed by atoms with Crippen LogP contribution in [0.1, 0.15) is 79.1 Å². The van der Waals surface area contributed by atoms with Crippen molar-refractivity contribution in [1.82, 2.24) is 0 Å². The molecule has 8 atom stereocenters. The van der Waals surface area contributed by atoms with Crippen molar-refractivity contribution in [3.8, 4) is 0 Å². The van der Waals surface area contributed by atoms with E-state index in [1.165, 1.54) is 13.8 Å². The standard InChI is InChI=1S/C23H34O5/c1-13(24)27-16-9-10-22(3)15(11-16)5-6-17-18-7-8-20(26)23(18,4)12-19(21(17)22)28-14(2)25/h15-19,21H,5-12H2,1-4H3/t15-,16-,17-,18-,19-,21+,22-,23-/m0/s1. The second kappa shape index (κ2) is 6.84. The monoisotopic (exact) mass is 390 g/mol. The number of carbonyl (C=O) groups is 3. The van der Waals surface area contributed by atoms with Crippen molar-refractivity contribution < 1.29 is 23.9 Å². The minimum atomic E-state index is -0.334. The average molecular weight is 391 g/mol. The van der Waals surface area contributed by atoms with Gasteiger partial charge in [-0.3, -0.25) is 14.4 Å². The van der Waals surface area contributed by atoms with Crippen LogP contribution < -0.4 is 0 Å². The van der Waals surface area contributed by atoms with E-state index in [2.05, 4.69) is 13.8 Å². The molecular formula is C23H34O5. The van der Waals surface area contributed by atoms with Gasteiger partial charge in [-0.25, -0.2) is 0 Å². The van der Waals surface area contributed by atoms with Crippen LogP contribution in [0.25, 0.3) is 0 Å². The quantitative estimate of drug-likeness (QED) is 0.665. The Kier molecular flexibility index (Phi) is 4.86. The zero-order valence-electron chi connectivity index (χ0n) is 17.7. The van der Waals surface area contributed by atoms with Crippen LogP contribution in [-0.4, -0.2) is 29.9 Å². The largest absolute Gasteiger partial charge is 0.463 e. The van der Waals surface area contributed by atoms with Crippen molar-refractivity contribution >= 4 is 17.7 Å². The molecule has 0 aromatic carbocycles. The zero-order valence-corrected chi connectivity index (χ0v) is 17.7. The lowest BCUT2D eigenvalue weighted by molar-refractivity contribution is -0.197. The van der Waals surface area contributed by atoms with E-state index in [0.29, 0.717) is 42.3 Å². The van der Waals surface area contributed by atoms with E-state index in [4.69, 9.17) is 9.47 Å². The highest BCUT2D eigenvalue weighted by atomic mass is 16.5. The lowest BCUT2D eigenvalue weighted by Crippen LogP contribution is -2.60. The molecule has 4 rings (SSSR count). The molecule has 0 unspecified atom stereocenters. The van der Waals surface area contributed by atoms with E-state index in [1.54, 1.807) is 0 Å². The van der Waals surface area contributed by atoms with Gasteiger partial charge >= 0.3 is 11.9 Å². The predicted molar refractivity (Wildman–Crippen MR) is 103 cm³/mol. The summed E-state index contributed by atoms with van der Waals surface area (Å²) in [5.74, 6) is 1.57. The van der Waals surface area contributed by atoms with Crippen molar-refractivity contribution in [3.05, 3.63) is 0 Å². The van der Waals surface area contributed by atoms with Gasteiger partial charge in [0.25, 0.3) is 0 Å². The molecule has 156 valence electrons. The van der Waals surface area contributed by atoms with Crippen molar-refractivity contribution in [2.75, 3.05) is 0 Å². The third-order valence-electron chi connectivity index (χ3n) is 8.89. The number of ether oxygens (including phenoxy) is 2. The Morgan fingerprint density at radius 1 is 1.00 bits per heavy atom. The van der Waals surface area contributed by atoms with E-state index in [0.717, 1.165) is 38.5 Å². The van der Waals surface area contributed by atoms with Crippen molar-refractivity contribution in [1.29, 1.82) is 0 Å². The summed E-state index contributed by atoms with van der Waals surface area (Å²) in [4.78, 5) is 36.1. The number of hydrogen-bond donors (Lipinski definition) is 0. The highest BCUT2D eigenvalue weighted by Crippen LogP contribution is 2.66. The number of fused-ring (bicyclic) bond motifs is 5. The molecule has 0 aromatic heterocycles. The summed E-state index contributed by atoms with van der Waals surface area (Å²) < 4.78 is 11.5. The maximum Gasteiger partial charge on any atom is 0.302 e. The fraction of sp³-hybridized carbons (Fsp3) is 0.870. The molecule has 4 saturated carbocycles. The Morgan fingerprint density at radius 3 is 2.39 bits per heavy atom. The molecule has 5 nitrogen and oxygen atoms in total. The molecule has 0 aromatic rings. The summed E-state index contributed by atoms with van der Waals surface area (Å²) in [6, 6.07) is 0. The maximum atomic E-state index is 12.8. The van der Waals surface area contributed by atoms with Crippen LogP contribution in [0.15, 0.2) is 0 Å². The van der Waals surface area contributed by atoms with Gasteiger partial charge in [-0.1, -0.05) is 13.8 Å². The van der Waals surface area contributed by atoms with E-state index in [-0.39, 0.29) is 35.0 Å². The van der Waals surface area contributed by atoms with Crippen molar-refractivity contribution in [2.45, 2.75) is 91.3 Å². The smallest absolute Gasteiger partial charge is 0.302 e. The number of ketones is 1. The lowest BCUT2D eigenvalue weighted by atomic mass is 9.44. The van der Waals surface area contributed by atoms with Crippen LogP contribution in [-0.2, 0) is 23.9 Å². The second-order valence-electron chi connectivity index (χ2n) is 10.3. The molecule has 4 aliphatic carbocycles. The molecule has 0 radical (unpaired) electrons. The van der Waals surface area contributed by atoms with Gasteiger partial charge in [0.1, 0.15) is 18.0 Å². The van der Waals surface area contributed by atoms with E-state index < -0.39 is 0 Å². The summed E-state index contributed by atoms with van der Waals surface area (Å²) in [6.07, 6.45) is 7.15. The third kappa shape index (κ3) is 3.00. The molecule has 0 saturated heterocycles. The first-order valence-electron chi connectivity index (χ1n) is 11.0. The Labute approximate surface area is 167 Å². The molecule has 0 heterocycles. The first kappa shape index (κ1) is 19.9. The minimum absolute atomic E-state index is 0.0150. The van der Waals surface area contributed by atoms with E-state index >= 15 is 0 Å². The maximum absolute atomic E-state index is 12.8. The van der Waals surface area contributed by atoms with Gasteiger partial charge in [0.2, 0.25) is 0 Å². The summed E-state index contributed by atoms with van der Waals surface area (Å²) in [7, 11) is 0. The molecular weight excluding hydrogens is 356 g/mol. The molecule has 0 N–H and O–H groups in total. The molecule has 5 heteroatoms. The number of Topliss-reactive ketones (excluding diaryl/α,β-unsaturated/α-hetero) is 1. The van der Waals surface area contributed by atoms with E-state index in [9.17, 15) is 14.4 Å². The molecule has 28 heavy (non-hydrogen) atoms. The average Bonchev–Trinajstić information content (AvgIpc) is 2.89. The summed E-state index contributed by atoms with van der Waals surface area (Å²) >= 11 is 0. The van der Waals surface area contributed by atoms with Crippen molar-refractivity contribution in [2.24, 2.45) is 34.5 Å². The molecule has 4 fully saturated rings. The molecule has 0 aliphatic heterocycles. The molecule has 0 amide bonds. The summed E-state index contributed by atoms with van der Waals surface area (Å²) in [5, 5.41) is 0. The van der Waals surface area contributed by atoms with Crippen LogP contribution in [0.3, 0.4) is 0 Å². The normalized spacial score (nSPS) is 47.5. The second-order valence-corrected chi connectivity index (χ2v) is 10.3. The molecule has 0 spiro atoms. The Hall–Kier alpha value is -1.39. The first-order valence-corrected chi connectivity index (χ1v) is 11.0. The predicted octanol–water partition coefficient (Wildman–Crippen LogP) is 4.07.